The summed E-state index contributed by atoms with van der Waals surface area (Å²) in [7, 11) is 0. The van der Waals surface area contributed by atoms with E-state index in [0.717, 1.165) is 22.5 Å². The molecule has 0 saturated carbocycles. The maximum absolute atomic E-state index is 12.9. The fraction of sp³-hybridized carbons (Fsp3) is 0.115. The van der Waals surface area contributed by atoms with Gasteiger partial charge in [-0.1, -0.05) is 72.3 Å². The molecule has 0 N–H and O–H groups in total. The Morgan fingerprint density at radius 2 is 1.64 bits per heavy atom. The summed E-state index contributed by atoms with van der Waals surface area (Å²) in [5.41, 5.74) is 3.53. The molecule has 0 radical (unpaired) electrons. The van der Waals surface area contributed by atoms with Gasteiger partial charge in [0, 0.05) is 10.6 Å². The zero-order valence-electron chi connectivity index (χ0n) is 17.9. The Morgan fingerprint density at radius 3 is 2.30 bits per heavy atom. The van der Waals surface area contributed by atoms with Crippen LogP contribution in [0.1, 0.15) is 24.1 Å². The number of carbonyl (C=O) groups is 1. The van der Waals surface area contributed by atoms with Gasteiger partial charge in [0.15, 0.2) is 0 Å². The molecule has 0 aromatic heterocycles. The molecule has 0 aliphatic carbocycles. The highest BCUT2D eigenvalue weighted by Gasteiger charge is 2.43. The van der Waals surface area contributed by atoms with Gasteiger partial charge in [-0.3, -0.25) is 4.90 Å². The molecule has 3 aromatic rings. The molecule has 7 heteroatoms. The van der Waals surface area contributed by atoms with E-state index in [4.69, 9.17) is 21.3 Å². The van der Waals surface area contributed by atoms with Crippen LogP contribution in [0.4, 0.5) is 5.69 Å². The third-order valence-corrected chi connectivity index (χ3v) is 5.63. The molecule has 2 heterocycles. The molecular formula is C26H21ClN4O2. The standard InChI is InChI=1S/C26H21ClN4O2/c1-2-33-25(32)24-29-31(21-15-13-20(27)14-16-21)26-28-22(18-9-5-3-6-10-18)17-23(30(24)26)19-11-7-4-8-12-19/h3-17,23H,2H2,1H3. The van der Waals surface area contributed by atoms with Gasteiger partial charge in [0.2, 0.25) is 11.8 Å². The van der Waals surface area contributed by atoms with Crippen LogP contribution in [-0.4, -0.2) is 29.3 Å². The van der Waals surface area contributed by atoms with E-state index in [0.29, 0.717) is 11.0 Å². The number of guanidine groups is 1. The largest absolute Gasteiger partial charge is 0.460 e. The topological polar surface area (TPSA) is 57.5 Å². The number of amidine groups is 1. The number of aliphatic imine (C=N–C) groups is 1. The summed E-state index contributed by atoms with van der Waals surface area (Å²) in [4.78, 5) is 19.7. The lowest BCUT2D eigenvalue weighted by Gasteiger charge is -2.32. The maximum atomic E-state index is 12.9. The van der Waals surface area contributed by atoms with Crippen LogP contribution in [-0.2, 0) is 9.53 Å². The van der Waals surface area contributed by atoms with Crippen LogP contribution in [0.15, 0.2) is 101 Å². The van der Waals surface area contributed by atoms with Crippen LogP contribution in [0.5, 0.6) is 0 Å². The fourth-order valence-electron chi connectivity index (χ4n) is 3.87. The van der Waals surface area contributed by atoms with Gasteiger partial charge in [-0.15, -0.1) is 5.10 Å². The van der Waals surface area contributed by atoms with Crippen molar-refractivity contribution in [2.45, 2.75) is 13.0 Å². The predicted molar refractivity (Wildman–Crippen MR) is 131 cm³/mol. The number of ether oxygens (including phenoxy) is 1. The SMILES string of the molecule is CCOC(=O)C1=NN(c2ccc(Cl)cc2)C2=NC(c3ccccc3)=CC(c3ccccc3)N12. The van der Waals surface area contributed by atoms with Crippen molar-refractivity contribution in [1.82, 2.24) is 4.90 Å². The molecule has 2 aliphatic rings. The van der Waals surface area contributed by atoms with E-state index in [2.05, 4.69) is 5.10 Å². The van der Waals surface area contributed by atoms with Crippen molar-refractivity contribution in [3.63, 3.8) is 0 Å². The molecule has 2 aliphatic heterocycles. The zero-order valence-corrected chi connectivity index (χ0v) is 18.7. The molecule has 164 valence electrons. The molecule has 5 rings (SSSR count). The Bertz CT molecular complexity index is 1250. The molecular weight excluding hydrogens is 436 g/mol. The van der Waals surface area contributed by atoms with E-state index in [1.54, 1.807) is 24.1 Å². The predicted octanol–water partition coefficient (Wildman–Crippen LogP) is 5.49. The molecule has 6 nitrogen and oxygen atoms in total. The average Bonchev–Trinajstić information content (AvgIpc) is 3.25. The van der Waals surface area contributed by atoms with Crippen molar-refractivity contribution in [1.29, 1.82) is 0 Å². The van der Waals surface area contributed by atoms with E-state index in [1.165, 1.54) is 0 Å². The Hall–Kier alpha value is -3.90. The number of hydrogen-bond acceptors (Lipinski definition) is 6. The van der Waals surface area contributed by atoms with Crippen molar-refractivity contribution in [3.8, 4) is 0 Å². The molecule has 0 fully saturated rings. The minimum absolute atomic E-state index is 0.183. The number of hydrazone groups is 1. The highest BCUT2D eigenvalue weighted by molar-refractivity contribution is 6.41. The Labute approximate surface area is 197 Å². The van der Waals surface area contributed by atoms with Gasteiger partial charge in [0.25, 0.3) is 0 Å². The molecule has 0 amide bonds. The normalized spacial score (nSPS) is 17.2. The number of nitrogens with zero attached hydrogens (tertiary/aromatic N) is 4. The van der Waals surface area contributed by atoms with Crippen LogP contribution in [0.3, 0.4) is 0 Å². The smallest absolute Gasteiger partial charge is 0.376 e. The number of halogens is 1. The molecule has 33 heavy (non-hydrogen) atoms. The van der Waals surface area contributed by atoms with Crippen LogP contribution >= 0.6 is 11.6 Å². The molecule has 1 atom stereocenters. The van der Waals surface area contributed by atoms with E-state index >= 15 is 0 Å². The van der Waals surface area contributed by atoms with Gasteiger partial charge >= 0.3 is 5.97 Å². The second-order valence-electron chi connectivity index (χ2n) is 7.49. The lowest BCUT2D eigenvalue weighted by molar-refractivity contribution is -0.135. The van der Waals surface area contributed by atoms with Crippen molar-refractivity contribution in [2.24, 2.45) is 10.1 Å². The minimum Gasteiger partial charge on any atom is -0.460 e. The van der Waals surface area contributed by atoms with Crippen molar-refractivity contribution >= 4 is 40.7 Å². The lowest BCUT2D eigenvalue weighted by atomic mass is 10.0. The van der Waals surface area contributed by atoms with Crippen LogP contribution < -0.4 is 5.01 Å². The third kappa shape index (κ3) is 4.01. The van der Waals surface area contributed by atoms with Gasteiger partial charge in [-0.05, 0) is 42.8 Å². The summed E-state index contributed by atoms with van der Waals surface area (Å²) in [6.07, 6.45) is 2.05. The highest BCUT2D eigenvalue weighted by Crippen LogP contribution is 2.37. The van der Waals surface area contributed by atoms with Gasteiger partial charge in [0.1, 0.15) is 0 Å². The van der Waals surface area contributed by atoms with Crippen LogP contribution in [0, 0.1) is 0 Å². The van der Waals surface area contributed by atoms with Gasteiger partial charge < -0.3 is 4.74 Å². The number of carbonyl (C=O) groups excluding carboxylic acids is 1. The minimum atomic E-state index is -0.501. The summed E-state index contributed by atoms with van der Waals surface area (Å²) in [5.74, 6) is 0.206. The van der Waals surface area contributed by atoms with Gasteiger partial charge in [0.05, 0.1) is 24.0 Å². The molecule has 0 saturated heterocycles. The van der Waals surface area contributed by atoms with E-state index < -0.39 is 5.97 Å². The molecule has 0 bridgehead atoms. The maximum Gasteiger partial charge on any atom is 0.376 e. The first-order chi connectivity index (χ1) is 16.2. The van der Waals surface area contributed by atoms with Crippen molar-refractivity contribution in [3.05, 3.63) is 107 Å². The average molecular weight is 457 g/mol. The van der Waals surface area contributed by atoms with Gasteiger partial charge in [-0.25, -0.2) is 9.79 Å². The highest BCUT2D eigenvalue weighted by atomic mass is 35.5. The molecule has 1 unspecified atom stereocenters. The van der Waals surface area contributed by atoms with E-state index in [-0.39, 0.29) is 18.5 Å². The van der Waals surface area contributed by atoms with E-state index in [1.807, 2.05) is 83.8 Å². The Balaban J connectivity index is 1.68. The van der Waals surface area contributed by atoms with Crippen LogP contribution in [0.2, 0.25) is 5.02 Å². The summed E-state index contributed by atoms with van der Waals surface area (Å²) in [5, 5.41) is 6.92. The summed E-state index contributed by atoms with van der Waals surface area (Å²) in [6.45, 7) is 2.03. The summed E-state index contributed by atoms with van der Waals surface area (Å²) >= 11 is 6.10. The Kier molecular flexibility index (Phi) is 5.67. The number of anilines is 1. The lowest BCUT2D eigenvalue weighted by Crippen LogP contribution is -2.44. The molecule has 3 aromatic carbocycles. The first-order valence-electron chi connectivity index (χ1n) is 10.7. The molecule has 0 spiro atoms. The number of esters is 1. The number of hydrogen-bond donors (Lipinski definition) is 0. The van der Waals surface area contributed by atoms with E-state index in [9.17, 15) is 4.79 Å². The Morgan fingerprint density at radius 1 is 0.970 bits per heavy atom. The fourth-order valence-corrected chi connectivity index (χ4v) is 3.99. The van der Waals surface area contributed by atoms with Crippen molar-refractivity contribution in [2.75, 3.05) is 11.6 Å². The van der Waals surface area contributed by atoms with Crippen molar-refractivity contribution < 1.29 is 9.53 Å². The third-order valence-electron chi connectivity index (χ3n) is 5.38. The number of rotatable bonds is 5. The zero-order chi connectivity index (χ0) is 22.8. The first-order valence-corrected chi connectivity index (χ1v) is 11.0. The monoisotopic (exact) mass is 456 g/mol. The number of benzene rings is 3. The summed E-state index contributed by atoms with van der Waals surface area (Å²) < 4.78 is 5.34. The number of fused-ring (bicyclic) bond motifs is 1. The van der Waals surface area contributed by atoms with Crippen LogP contribution in [0.25, 0.3) is 5.70 Å². The second kappa shape index (κ2) is 8.92. The quantitative estimate of drug-likeness (QED) is 0.476. The van der Waals surface area contributed by atoms with Gasteiger partial charge in [-0.2, -0.15) is 5.01 Å². The second-order valence-corrected chi connectivity index (χ2v) is 7.92. The summed E-state index contributed by atoms with van der Waals surface area (Å²) in [6, 6.07) is 26.9. The first kappa shape index (κ1) is 21.0.